The van der Waals surface area contributed by atoms with E-state index >= 15 is 0 Å². The lowest BCUT2D eigenvalue weighted by molar-refractivity contribution is 0.326. The fraction of sp³-hybridized carbons (Fsp3) is 1.00. The summed E-state index contributed by atoms with van der Waals surface area (Å²) in [6.45, 7) is 0. The third kappa shape index (κ3) is 2.55. The minimum absolute atomic E-state index is 0.0250. The standard InChI is InChI=1S/C8H16N2O4S2/c9-6-3-7(4-6)10-16(13,14)8-1-2-15(11,12)5-8/h6-8,10H,1-5,9H2. The zero-order chi connectivity index (χ0) is 12.0. The molecular weight excluding hydrogens is 252 g/mol. The van der Waals surface area contributed by atoms with E-state index in [-0.39, 0.29) is 30.0 Å². The molecule has 2 fully saturated rings. The molecule has 1 unspecified atom stereocenters. The predicted octanol–water partition coefficient (Wildman–Crippen LogP) is -1.42. The lowest BCUT2D eigenvalue weighted by Gasteiger charge is -2.33. The Morgan fingerprint density at radius 1 is 1.25 bits per heavy atom. The van der Waals surface area contributed by atoms with E-state index in [4.69, 9.17) is 5.73 Å². The van der Waals surface area contributed by atoms with Gasteiger partial charge in [-0.2, -0.15) is 0 Å². The summed E-state index contributed by atoms with van der Waals surface area (Å²) in [6, 6.07) is -0.0386. The molecule has 1 atom stereocenters. The molecule has 0 aromatic heterocycles. The number of nitrogens with two attached hydrogens (primary N) is 1. The Hall–Kier alpha value is -0.180. The van der Waals surface area contributed by atoms with Crippen LogP contribution in [0.1, 0.15) is 19.3 Å². The molecule has 8 heteroatoms. The van der Waals surface area contributed by atoms with Crippen molar-refractivity contribution in [3.8, 4) is 0 Å². The molecule has 1 saturated heterocycles. The predicted molar refractivity (Wildman–Crippen MR) is 60.1 cm³/mol. The molecule has 1 aliphatic heterocycles. The van der Waals surface area contributed by atoms with Crippen molar-refractivity contribution in [2.45, 2.75) is 36.6 Å². The van der Waals surface area contributed by atoms with Crippen molar-refractivity contribution in [2.24, 2.45) is 5.73 Å². The van der Waals surface area contributed by atoms with Gasteiger partial charge in [-0.1, -0.05) is 0 Å². The molecule has 3 N–H and O–H groups in total. The maximum atomic E-state index is 11.8. The molecular formula is C8H16N2O4S2. The summed E-state index contributed by atoms with van der Waals surface area (Å²) in [7, 11) is -6.66. The van der Waals surface area contributed by atoms with Gasteiger partial charge in [-0.05, 0) is 19.3 Å². The number of hydrogen-bond donors (Lipinski definition) is 2. The zero-order valence-corrected chi connectivity index (χ0v) is 10.4. The third-order valence-corrected chi connectivity index (χ3v) is 7.06. The Morgan fingerprint density at radius 2 is 1.88 bits per heavy atom. The molecule has 0 spiro atoms. The molecule has 1 heterocycles. The molecule has 1 aliphatic carbocycles. The van der Waals surface area contributed by atoms with Gasteiger partial charge in [-0.15, -0.1) is 0 Å². The Morgan fingerprint density at radius 3 is 2.31 bits per heavy atom. The first-order valence-corrected chi connectivity index (χ1v) is 8.62. The summed E-state index contributed by atoms with van der Waals surface area (Å²) in [5.74, 6) is -0.274. The molecule has 0 radical (unpaired) electrons. The van der Waals surface area contributed by atoms with Gasteiger partial charge in [0.15, 0.2) is 9.84 Å². The van der Waals surface area contributed by atoms with E-state index in [0.29, 0.717) is 12.8 Å². The molecule has 16 heavy (non-hydrogen) atoms. The monoisotopic (exact) mass is 268 g/mol. The average Bonchev–Trinajstić information content (AvgIpc) is 2.43. The van der Waals surface area contributed by atoms with E-state index in [2.05, 4.69) is 4.72 Å². The Kier molecular flexibility index (Phi) is 3.02. The largest absolute Gasteiger partial charge is 0.328 e. The Bertz CT molecular complexity index is 464. The average molecular weight is 268 g/mol. The van der Waals surface area contributed by atoms with Crippen LogP contribution >= 0.6 is 0 Å². The zero-order valence-electron chi connectivity index (χ0n) is 8.79. The lowest BCUT2D eigenvalue weighted by Crippen LogP contribution is -2.52. The molecule has 1 saturated carbocycles. The summed E-state index contributed by atoms with van der Waals surface area (Å²) >= 11 is 0. The SMILES string of the molecule is NC1CC(NS(=O)(=O)C2CCS(=O)(=O)C2)C1. The molecule has 6 nitrogen and oxygen atoms in total. The van der Waals surface area contributed by atoms with Crippen molar-refractivity contribution in [3.05, 3.63) is 0 Å². The Labute approximate surface area is 95.6 Å². The van der Waals surface area contributed by atoms with Crippen LogP contribution in [0, 0.1) is 0 Å². The van der Waals surface area contributed by atoms with E-state index in [1.54, 1.807) is 0 Å². The van der Waals surface area contributed by atoms with Gasteiger partial charge in [0.2, 0.25) is 10.0 Å². The van der Waals surface area contributed by atoms with Crippen LogP contribution in [0.25, 0.3) is 0 Å². The van der Waals surface area contributed by atoms with Gasteiger partial charge >= 0.3 is 0 Å². The molecule has 0 aromatic carbocycles. The highest BCUT2D eigenvalue weighted by atomic mass is 32.2. The maximum Gasteiger partial charge on any atom is 0.215 e. The highest BCUT2D eigenvalue weighted by Gasteiger charge is 2.39. The van der Waals surface area contributed by atoms with E-state index < -0.39 is 25.1 Å². The number of sulfone groups is 1. The quantitative estimate of drug-likeness (QED) is 0.653. The number of rotatable bonds is 3. The summed E-state index contributed by atoms with van der Waals surface area (Å²) in [4.78, 5) is 0. The minimum Gasteiger partial charge on any atom is -0.328 e. The minimum atomic E-state index is -3.50. The first-order chi connectivity index (χ1) is 7.28. The number of nitrogens with one attached hydrogen (secondary N) is 1. The van der Waals surface area contributed by atoms with Gasteiger partial charge in [-0.25, -0.2) is 21.6 Å². The summed E-state index contributed by atoms with van der Waals surface area (Å²) in [5, 5.41) is -0.783. The summed E-state index contributed by atoms with van der Waals surface area (Å²) in [5.41, 5.74) is 5.55. The van der Waals surface area contributed by atoms with Gasteiger partial charge < -0.3 is 5.73 Å². The summed E-state index contributed by atoms with van der Waals surface area (Å²) < 4.78 is 48.6. The molecule has 2 aliphatic rings. The van der Waals surface area contributed by atoms with Crippen molar-refractivity contribution in [3.63, 3.8) is 0 Å². The first kappa shape index (κ1) is 12.3. The first-order valence-electron chi connectivity index (χ1n) is 5.26. The van der Waals surface area contributed by atoms with Crippen molar-refractivity contribution >= 4 is 19.9 Å². The Balaban J connectivity index is 1.98. The smallest absolute Gasteiger partial charge is 0.215 e. The highest BCUT2D eigenvalue weighted by Crippen LogP contribution is 2.23. The second-order valence-electron chi connectivity index (χ2n) is 4.62. The van der Waals surface area contributed by atoms with Crippen LogP contribution in [0.3, 0.4) is 0 Å². The molecule has 94 valence electrons. The van der Waals surface area contributed by atoms with Crippen LogP contribution in [-0.4, -0.2) is 45.7 Å². The van der Waals surface area contributed by atoms with E-state index in [1.807, 2.05) is 0 Å². The third-order valence-electron chi connectivity index (χ3n) is 3.13. The number of hydrogen-bond acceptors (Lipinski definition) is 5. The van der Waals surface area contributed by atoms with E-state index in [9.17, 15) is 16.8 Å². The van der Waals surface area contributed by atoms with Crippen molar-refractivity contribution in [1.82, 2.24) is 4.72 Å². The van der Waals surface area contributed by atoms with Gasteiger partial charge in [0.05, 0.1) is 16.8 Å². The normalized spacial score (nSPS) is 38.2. The number of sulfonamides is 1. The van der Waals surface area contributed by atoms with Crippen LogP contribution in [0.2, 0.25) is 0 Å². The van der Waals surface area contributed by atoms with E-state index in [1.165, 1.54) is 0 Å². The van der Waals surface area contributed by atoms with Gasteiger partial charge in [0.1, 0.15) is 0 Å². The van der Waals surface area contributed by atoms with Gasteiger partial charge in [0.25, 0.3) is 0 Å². The topological polar surface area (TPSA) is 106 Å². The van der Waals surface area contributed by atoms with Crippen LogP contribution in [-0.2, 0) is 19.9 Å². The van der Waals surface area contributed by atoms with Crippen molar-refractivity contribution in [2.75, 3.05) is 11.5 Å². The second-order valence-corrected chi connectivity index (χ2v) is 8.84. The van der Waals surface area contributed by atoms with Crippen LogP contribution < -0.4 is 10.5 Å². The molecule has 2 rings (SSSR count). The van der Waals surface area contributed by atoms with Gasteiger partial charge in [0, 0.05) is 12.1 Å². The van der Waals surface area contributed by atoms with Crippen molar-refractivity contribution < 1.29 is 16.8 Å². The maximum absolute atomic E-state index is 11.8. The summed E-state index contributed by atoms with van der Waals surface area (Å²) in [6.07, 6.45) is 1.48. The fourth-order valence-corrected chi connectivity index (χ4v) is 6.40. The molecule has 0 aromatic rings. The van der Waals surface area contributed by atoms with Crippen molar-refractivity contribution in [1.29, 1.82) is 0 Å². The molecule has 0 bridgehead atoms. The van der Waals surface area contributed by atoms with Crippen LogP contribution in [0.4, 0.5) is 0 Å². The highest BCUT2D eigenvalue weighted by molar-refractivity contribution is 7.95. The second kappa shape index (κ2) is 3.94. The molecule has 0 amide bonds. The van der Waals surface area contributed by atoms with E-state index in [0.717, 1.165) is 0 Å². The van der Waals surface area contributed by atoms with Gasteiger partial charge in [-0.3, -0.25) is 0 Å². The lowest BCUT2D eigenvalue weighted by atomic mass is 9.89. The van der Waals surface area contributed by atoms with Crippen LogP contribution in [0.15, 0.2) is 0 Å². The fourth-order valence-electron chi connectivity index (χ4n) is 2.09. The van der Waals surface area contributed by atoms with Crippen LogP contribution in [0.5, 0.6) is 0 Å².